The van der Waals surface area contributed by atoms with Crippen molar-refractivity contribution in [1.29, 1.82) is 0 Å². The highest BCUT2D eigenvalue weighted by Crippen LogP contribution is 1.97. The molecule has 0 radical (unpaired) electrons. The molecular formula is C11H21N. The fourth-order valence-corrected chi connectivity index (χ4v) is 1.19. The highest BCUT2D eigenvalue weighted by Gasteiger charge is 1.95. The lowest BCUT2D eigenvalue weighted by Gasteiger charge is -2.14. The molecule has 0 bridgehead atoms. The first-order valence-electron chi connectivity index (χ1n) is 4.93. The fraction of sp³-hybridized carbons (Fsp3) is 0.818. The molecule has 1 heteroatoms. The maximum atomic E-state index is 5.17. The fourth-order valence-electron chi connectivity index (χ4n) is 1.19. The van der Waals surface area contributed by atoms with Gasteiger partial charge in [0.1, 0.15) is 0 Å². The van der Waals surface area contributed by atoms with Crippen LogP contribution in [0.4, 0.5) is 0 Å². The summed E-state index contributed by atoms with van der Waals surface area (Å²) < 4.78 is 0. The molecule has 0 rings (SSSR count). The van der Waals surface area contributed by atoms with Crippen LogP contribution in [-0.2, 0) is 0 Å². The van der Waals surface area contributed by atoms with Crippen molar-refractivity contribution in [2.75, 3.05) is 20.1 Å². The molecule has 0 aromatic rings. The Balaban J connectivity index is 3.11. The lowest BCUT2D eigenvalue weighted by atomic mass is 10.2. The third-order valence-corrected chi connectivity index (χ3v) is 2.00. The van der Waals surface area contributed by atoms with Crippen molar-refractivity contribution >= 4 is 0 Å². The van der Waals surface area contributed by atoms with E-state index in [0.29, 0.717) is 0 Å². The van der Waals surface area contributed by atoms with E-state index in [2.05, 4.69) is 24.8 Å². The van der Waals surface area contributed by atoms with Crippen LogP contribution in [0.5, 0.6) is 0 Å². The van der Waals surface area contributed by atoms with E-state index in [4.69, 9.17) is 6.42 Å². The van der Waals surface area contributed by atoms with Gasteiger partial charge in [-0.1, -0.05) is 19.8 Å². The molecular weight excluding hydrogens is 146 g/mol. The molecule has 0 heterocycles. The van der Waals surface area contributed by atoms with Crippen molar-refractivity contribution in [3.05, 3.63) is 0 Å². The van der Waals surface area contributed by atoms with Crippen molar-refractivity contribution in [1.82, 2.24) is 4.90 Å². The SMILES string of the molecule is C#CCCCN(C)CCCCC. The average molecular weight is 167 g/mol. The zero-order valence-corrected chi connectivity index (χ0v) is 8.47. The molecule has 0 saturated heterocycles. The lowest BCUT2D eigenvalue weighted by molar-refractivity contribution is 0.322. The molecule has 0 aliphatic heterocycles. The summed E-state index contributed by atoms with van der Waals surface area (Å²) >= 11 is 0. The van der Waals surface area contributed by atoms with Crippen LogP contribution in [0.3, 0.4) is 0 Å². The van der Waals surface area contributed by atoms with Gasteiger partial charge in [-0.15, -0.1) is 12.3 Å². The van der Waals surface area contributed by atoms with Gasteiger partial charge in [0, 0.05) is 6.42 Å². The van der Waals surface area contributed by atoms with Gasteiger partial charge >= 0.3 is 0 Å². The zero-order chi connectivity index (χ0) is 9.23. The Bertz CT molecular complexity index is 123. The van der Waals surface area contributed by atoms with Crippen molar-refractivity contribution in [3.8, 4) is 12.3 Å². The van der Waals surface area contributed by atoms with Gasteiger partial charge in [0.15, 0.2) is 0 Å². The van der Waals surface area contributed by atoms with Crippen LogP contribution in [0, 0.1) is 12.3 Å². The number of nitrogens with zero attached hydrogens (tertiary/aromatic N) is 1. The van der Waals surface area contributed by atoms with E-state index >= 15 is 0 Å². The van der Waals surface area contributed by atoms with Crippen LogP contribution in [0.15, 0.2) is 0 Å². The van der Waals surface area contributed by atoms with Gasteiger partial charge in [-0.3, -0.25) is 0 Å². The summed E-state index contributed by atoms with van der Waals surface area (Å²) in [5.74, 6) is 2.66. The lowest BCUT2D eigenvalue weighted by Crippen LogP contribution is -2.20. The number of rotatable bonds is 7. The van der Waals surface area contributed by atoms with Crippen molar-refractivity contribution < 1.29 is 0 Å². The van der Waals surface area contributed by atoms with Gasteiger partial charge in [-0.25, -0.2) is 0 Å². The second-order valence-corrected chi connectivity index (χ2v) is 3.32. The number of terminal acetylenes is 1. The van der Waals surface area contributed by atoms with Crippen LogP contribution >= 0.6 is 0 Å². The summed E-state index contributed by atoms with van der Waals surface area (Å²) in [5.41, 5.74) is 0. The van der Waals surface area contributed by atoms with Gasteiger partial charge in [-0.05, 0) is 33.0 Å². The Kier molecular flexibility index (Phi) is 8.27. The number of unbranched alkanes of at least 4 members (excludes halogenated alkanes) is 3. The second kappa shape index (κ2) is 8.62. The molecule has 0 unspecified atom stereocenters. The summed E-state index contributed by atoms with van der Waals surface area (Å²) in [6.45, 7) is 4.60. The van der Waals surface area contributed by atoms with Gasteiger partial charge in [0.05, 0.1) is 0 Å². The third kappa shape index (κ3) is 7.63. The summed E-state index contributed by atoms with van der Waals surface area (Å²) in [4.78, 5) is 2.37. The smallest absolute Gasteiger partial charge is 0.00982 e. The molecule has 12 heavy (non-hydrogen) atoms. The third-order valence-electron chi connectivity index (χ3n) is 2.00. The molecule has 0 saturated carbocycles. The summed E-state index contributed by atoms with van der Waals surface area (Å²) in [6.07, 6.45) is 11.2. The minimum Gasteiger partial charge on any atom is -0.306 e. The Hall–Kier alpha value is -0.480. The van der Waals surface area contributed by atoms with Crippen LogP contribution in [0.2, 0.25) is 0 Å². The number of hydrogen-bond donors (Lipinski definition) is 0. The highest BCUT2D eigenvalue weighted by molar-refractivity contribution is 4.83. The Morgan fingerprint density at radius 2 is 1.83 bits per heavy atom. The Morgan fingerprint density at radius 3 is 2.42 bits per heavy atom. The first kappa shape index (κ1) is 11.5. The van der Waals surface area contributed by atoms with E-state index in [0.717, 1.165) is 19.4 Å². The van der Waals surface area contributed by atoms with Crippen LogP contribution in [0.25, 0.3) is 0 Å². The maximum Gasteiger partial charge on any atom is 0.00982 e. The molecule has 0 atom stereocenters. The molecule has 1 nitrogen and oxygen atoms in total. The Labute approximate surface area is 77.1 Å². The molecule has 70 valence electrons. The summed E-state index contributed by atoms with van der Waals surface area (Å²) in [6, 6.07) is 0. The van der Waals surface area contributed by atoms with Crippen molar-refractivity contribution in [3.63, 3.8) is 0 Å². The monoisotopic (exact) mass is 167 g/mol. The van der Waals surface area contributed by atoms with Gasteiger partial charge in [0.2, 0.25) is 0 Å². The summed E-state index contributed by atoms with van der Waals surface area (Å²) in [7, 11) is 2.17. The first-order valence-corrected chi connectivity index (χ1v) is 4.93. The van der Waals surface area contributed by atoms with E-state index in [1.807, 2.05) is 0 Å². The molecule has 0 spiro atoms. The van der Waals surface area contributed by atoms with Crippen molar-refractivity contribution in [2.24, 2.45) is 0 Å². The molecule has 0 fully saturated rings. The second-order valence-electron chi connectivity index (χ2n) is 3.32. The van der Waals surface area contributed by atoms with Crippen LogP contribution in [-0.4, -0.2) is 25.0 Å². The normalized spacial score (nSPS) is 10.2. The van der Waals surface area contributed by atoms with E-state index in [1.54, 1.807) is 0 Å². The standard InChI is InChI=1S/C11H21N/c1-4-6-8-10-12(3)11-9-7-5-2/h1H,5-11H2,2-3H3. The minimum atomic E-state index is 0.915. The molecule has 0 amide bonds. The summed E-state index contributed by atoms with van der Waals surface area (Å²) in [5, 5.41) is 0. The first-order chi connectivity index (χ1) is 5.81. The van der Waals surface area contributed by atoms with Gasteiger partial charge in [-0.2, -0.15) is 0 Å². The highest BCUT2D eigenvalue weighted by atomic mass is 15.1. The molecule has 0 N–H and O–H groups in total. The van der Waals surface area contributed by atoms with E-state index in [1.165, 1.54) is 25.8 Å². The van der Waals surface area contributed by atoms with E-state index < -0.39 is 0 Å². The Morgan fingerprint density at radius 1 is 1.17 bits per heavy atom. The zero-order valence-electron chi connectivity index (χ0n) is 8.47. The quantitative estimate of drug-likeness (QED) is 0.416. The molecule has 0 aromatic heterocycles. The van der Waals surface area contributed by atoms with Crippen LogP contribution in [0.1, 0.15) is 39.0 Å². The maximum absolute atomic E-state index is 5.17. The van der Waals surface area contributed by atoms with E-state index in [-0.39, 0.29) is 0 Å². The van der Waals surface area contributed by atoms with Gasteiger partial charge in [0.25, 0.3) is 0 Å². The molecule has 0 aliphatic carbocycles. The average Bonchev–Trinajstić information content (AvgIpc) is 2.06. The van der Waals surface area contributed by atoms with Gasteiger partial charge < -0.3 is 4.90 Å². The molecule has 0 aliphatic rings. The molecule has 0 aromatic carbocycles. The van der Waals surface area contributed by atoms with Crippen LogP contribution < -0.4 is 0 Å². The van der Waals surface area contributed by atoms with Crippen molar-refractivity contribution in [2.45, 2.75) is 39.0 Å². The predicted molar refractivity (Wildman–Crippen MR) is 55.1 cm³/mol. The predicted octanol–water partition coefficient (Wildman–Crippen LogP) is 2.52. The largest absolute Gasteiger partial charge is 0.306 e. The number of hydrogen-bond acceptors (Lipinski definition) is 1. The topological polar surface area (TPSA) is 3.24 Å². The van der Waals surface area contributed by atoms with E-state index in [9.17, 15) is 0 Å². The minimum absolute atomic E-state index is 0.915.